The van der Waals surface area contributed by atoms with Gasteiger partial charge in [0.05, 0.1) is 0 Å². The number of hydrogen-bond donors (Lipinski definition) is 1. The molecular formula is C13H22F2N2. The average Bonchev–Trinajstić information content (AvgIpc) is 2.75. The van der Waals surface area contributed by atoms with Gasteiger partial charge in [-0.2, -0.15) is 0 Å². The predicted octanol–water partition coefficient (Wildman–Crippen LogP) is 2.11. The first-order chi connectivity index (χ1) is 8.12. The summed E-state index contributed by atoms with van der Waals surface area (Å²) in [4.78, 5) is 2.41. The van der Waals surface area contributed by atoms with E-state index in [1.807, 2.05) is 0 Å². The molecule has 98 valence electrons. The summed E-state index contributed by atoms with van der Waals surface area (Å²) in [5.41, 5.74) is 0. The summed E-state index contributed by atoms with van der Waals surface area (Å²) in [7, 11) is 0. The zero-order valence-electron chi connectivity index (χ0n) is 10.3. The molecule has 2 heterocycles. The molecule has 2 nitrogen and oxygen atoms in total. The van der Waals surface area contributed by atoms with Crippen LogP contribution >= 0.6 is 0 Å². The Balaban J connectivity index is 1.51. The molecule has 1 N–H and O–H groups in total. The SMILES string of the molecule is FC1(F)CCCC(CN2C[C@@H]3CCN[C@@H]3C2)C1. The van der Waals surface area contributed by atoms with Crippen molar-refractivity contribution in [3.8, 4) is 0 Å². The third-order valence-electron chi connectivity index (χ3n) is 4.70. The van der Waals surface area contributed by atoms with Crippen LogP contribution in [0.15, 0.2) is 0 Å². The van der Waals surface area contributed by atoms with Gasteiger partial charge in [-0.1, -0.05) is 0 Å². The Morgan fingerprint density at radius 3 is 2.88 bits per heavy atom. The van der Waals surface area contributed by atoms with Crippen LogP contribution in [0.2, 0.25) is 0 Å². The molecule has 0 amide bonds. The Labute approximate surface area is 102 Å². The summed E-state index contributed by atoms with van der Waals surface area (Å²) in [6, 6.07) is 0.638. The van der Waals surface area contributed by atoms with Crippen LogP contribution in [-0.2, 0) is 0 Å². The van der Waals surface area contributed by atoms with Gasteiger partial charge >= 0.3 is 0 Å². The van der Waals surface area contributed by atoms with Gasteiger partial charge in [0.15, 0.2) is 0 Å². The smallest absolute Gasteiger partial charge is 0.248 e. The van der Waals surface area contributed by atoms with E-state index in [9.17, 15) is 8.78 Å². The maximum Gasteiger partial charge on any atom is 0.248 e. The van der Waals surface area contributed by atoms with E-state index in [2.05, 4.69) is 10.2 Å². The van der Waals surface area contributed by atoms with Crippen molar-refractivity contribution in [2.45, 2.75) is 44.1 Å². The van der Waals surface area contributed by atoms with E-state index in [-0.39, 0.29) is 18.8 Å². The van der Waals surface area contributed by atoms with Crippen LogP contribution in [0.3, 0.4) is 0 Å². The lowest BCUT2D eigenvalue weighted by Gasteiger charge is -2.31. The van der Waals surface area contributed by atoms with Gasteiger partial charge in [0, 0.05) is 38.5 Å². The topological polar surface area (TPSA) is 15.3 Å². The first kappa shape index (κ1) is 11.8. The van der Waals surface area contributed by atoms with E-state index in [1.54, 1.807) is 0 Å². The number of alkyl halides is 2. The highest BCUT2D eigenvalue weighted by Gasteiger charge is 2.40. The summed E-state index contributed by atoms with van der Waals surface area (Å²) in [5.74, 6) is -1.40. The molecule has 0 aromatic rings. The minimum Gasteiger partial charge on any atom is -0.312 e. The number of rotatable bonds is 2. The summed E-state index contributed by atoms with van der Waals surface area (Å²) in [5, 5.41) is 3.51. The highest BCUT2D eigenvalue weighted by atomic mass is 19.3. The van der Waals surface area contributed by atoms with Gasteiger partial charge in [0.1, 0.15) is 0 Å². The fourth-order valence-electron chi connectivity index (χ4n) is 3.88. The monoisotopic (exact) mass is 244 g/mol. The van der Waals surface area contributed by atoms with Gasteiger partial charge in [-0.25, -0.2) is 8.78 Å². The second-order valence-corrected chi connectivity index (χ2v) is 6.15. The zero-order chi connectivity index (χ0) is 11.9. The highest BCUT2D eigenvalue weighted by Crippen LogP contribution is 2.37. The van der Waals surface area contributed by atoms with Crippen LogP contribution in [0.4, 0.5) is 8.78 Å². The molecular weight excluding hydrogens is 222 g/mol. The van der Waals surface area contributed by atoms with Crippen molar-refractivity contribution < 1.29 is 8.78 Å². The number of halogens is 2. The quantitative estimate of drug-likeness (QED) is 0.800. The molecule has 0 aromatic heterocycles. The van der Waals surface area contributed by atoms with Crippen molar-refractivity contribution in [2.75, 3.05) is 26.2 Å². The molecule has 0 radical (unpaired) electrons. The van der Waals surface area contributed by atoms with Crippen molar-refractivity contribution in [3.63, 3.8) is 0 Å². The normalized spacial score (nSPS) is 41.6. The summed E-state index contributed by atoms with van der Waals surface area (Å²) in [6.07, 6.45) is 3.19. The van der Waals surface area contributed by atoms with E-state index < -0.39 is 5.92 Å². The van der Waals surface area contributed by atoms with Gasteiger partial charge in [-0.05, 0) is 37.6 Å². The van der Waals surface area contributed by atoms with Crippen molar-refractivity contribution >= 4 is 0 Å². The molecule has 3 fully saturated rings. The Hall–Kier alpha value is -0.220. The molecule has 3 atom stereocenters. The predicted molar refractivity (Wildman–Crippen MR) is 63.2 cm³/mol. The fourth-order valence-corrected chi connectivity index (χ4v) is 3.88. The highest BCUT2D eigenvalue weighted by molar-refractivity contribution is 4.94. The van der Waals surface area contributed by atoms with Crippen LogP contribution in [0.1, 0.15) is 32.1 Å². The molecule has 2 saturated heterocycles. The fraction of sp³-hybridized carbons (Fsp3) is 1.00. The van der Waals surface area contributed by atoms with Crippen LogP contribution in [0.25, 0.3) is 0 Å². The minimum absolute atomic E-state index is 0.107. The number of likely N-dealkylation sites (tertiary alicyclic amines) is 1. The van der Waals surface area contributed by atoms with Crippen molar-refractivity contribution in [3.05, 3.63) is 0 Å². The molecule has 0 spiro atoms. The summed E-state index contributed by atoms with van der Waals surface area (Å²) >= 11 is 0. The van der Waals surface area contributed by atoms with E-state index in [0.29, 0.717) is 12.5 Å². The second-order valence-electron chi connectivity index (χ2n) is 6.15. The van der Waals surface area contributed by atoms with Gasteiger partial charge in [0.2, 0.25) is 5.92 Å². The number of fused-ring (bicyclic) bond motifs is 1. The molecule has 3 rings (SSSR count). The molecule has 17 heavy (non-hydrogen) atoms. The number of nitrogens with zero attached hydrogens (tertiary/aromatic N) is 1. The molecule has 4 heteroatoms. The number of nitrogens with one attached hydrogen (secondary N) is 1. The largest absolute Gasteiger partial charge is 0.312 e. The van der Waals surface area contributed by atoms with Crippen LogP contribution in [0.5, 0.6) is 0 Å². The Bertz CT molecular complexity index is 271. The van der Waals surface area contributed by atoms with Crippen LogP contribution in [-0.4, -0.2) is 43.0 Å². The Morgan fingerprint density at radius 1 is 1.24 bits per heavy atom. The lowest BCUT2D eigenvalue weighted by Crippen LogP contribution is -2.36. The molecule has 1 unspecified atom stereocenters. The standard InChI is InChI=1S/C13H22F2N2/c14-13(15)4-1-2-10(6-13)7-17-8-11-3-5-16-12(11)9-17/h10-12,16H,1-9H2/t10?,11-,12+/m0/s1. The first-order valence-electron chi connectivity index (χ1n) is 6.96. The number of hydrogen-bond acceptors (Lipinski definition) is 2. The first-order valence-corrected chi connectivity index (χ1v) is 6.96. The van der Waals surface area contributed by atoms with Gasteiger partial charge in [0.25, 0.3) is 0 Å². The molecule has 1 aliphatic carbocycles. The Morgan fingerprint density at radius 2 is 2.12 bits per heavy atom. The lowest BCUT2D eigenvalue weighted by atomic mass is 9.86. The van der Waals surface area contributed by atoms with Gasteiger partial charge < -0.3 is 10.2 Å². The third kappa shape index (κ3) is 2.63. The van der Waals surface area contributed by atoms with E-state index in [4.69, 9.17) is 0 Å². The van der Waals surface area contributed by atoms with Crippen LogP contribution in [0, 0.1) is 11.8 Å². The van der Waals surface area contributed by atoms with Gasteiger partial charge in [-0.15, -0.1) is 0 Å². The van der Waals surface area contributed by atoms with E-state index >= 15 is 0 Å². The van der Waals surface area contributed by atoms with E-state index in [0.717, 1.165) is 38.5 Å². The molecule has 1 saturated carbocycles. The molecule has 0 aromatic carbocycles. The average molecular weight is 244 g/mol. The summed E-state index contributed by atoms with van der Waals surface area (Å²) < 4.78 is 26.7. The molecule has 0 bridgehead atoms. The second kappa shape index (κ2) is 4.47. The van der Waals surface area contributed by atoms with Crippen LogP contribution < -0.4 is 5.32 Å². The summed E-state index contributed by atoms with van der Waals surface area (Å²) in [6.45, 7) is 4.24. The zero-order valence-corrected chi connectivity index (χ0v) is 10.3. The Kier molecular flexibility index (Phi) is 3.11. The van der Waals surface area contributed by atoms with E-state index in [1.165, 1.54) is 6.42 Å². The third-order valence-corrected chi connectivity index (χ3v) is 4.70. The maximum atomic E-state index is 13.3. The van der Waals surface area contributed by atoms with Crippen molar-refractivity contribution in [1.29, 1.82) is 0 Å². The molecule has 2 aliphatic heterocycles. The molecule has 3 aliphatic rings. The maximum absolute atomic E-state index is 13.3. The van der Waals surface area contributed by atoms with Gasteiger partial charge in [-0.3, -0.25) is 0 Å². The lowest BCUT2D eigenvalue weighted by molar-refractivity contribution is -0.0562. The van der Waals surface area contributed by atoms with Crippen molar-refractivity contribution in [2.24, 2.45) is 11.8 Å². The minimum atomic E-state index is -2.39. The van der Waals surface area contributed by atoms with Crippen molar-refractivity contribution in [1.82, 2.24) is 10.2 Å².